The number of esters is 1. The number of rotatable bonds is 10. The average molecular weight is 794 g/mol. The summed E-state index contributed by atoms with van der Waals surface area (Å²) in [5, 5.41) is 39.6. The van der Waals surface area contributed by atoms with Crippen molar-refractivity contribution in [1.29, 1.82) is 0 Å². The maximum Gasteiger partial charge on any atom is 0.322 e. The molecule has 0 bridgehead atoms. The van der Waals surface area contributed by atoms with Crippen molar-refractivity contribution in [2.24, 2.45) is 0 Å². The van der Waals surface area contributed by atoms with E-state index >= 15 is 0 Å². The van der Waals surface area contributed by atoms with E-state index in [-0.39, 0.29) is 47.7 Å². The molecule has 0 spiro atoms. The molecule has 55 heavy (non-hydrogen) atoms. The van der Waals surface area contributed by atoms with Crippen molar-refractivity contribution >= 4 is 23.3 Å². The highest BCUT2D eigenvalue weighted by atomic mass is 16.5. The summed E-state index contributed by atoms with van der Waals surface area (Å²) in [6.45, 7) is 26.7. The van der Waals surface area contributed by atoms with Crippen LogP contribution >= 0.6 is 0 Å². The Kier molecular flexibility index (Phi) is 31.9. The van der Waals surface area contributed by atoms with Crippen LogP contribution in [0.2, 0.25) is 0 Å². The lowest BCUT2D eigenvalue weighted by molar-refractivity contribution is -0.142. The molecule has 0 aromatic carbocycles. The highest BCUT2D eigenvalue weighted by Gasteiger charge is 2.42. The van der Waals surface area contributed by atoms with Crippen molar-refractivity contribution in [3.63, 3.8) is 0 Å². The minimum absolute atomic E-state index is 0.0139. The zero-order chi connectivity index (χ0) is 44.7. The van der Waals surface area contributed by atoms with Crippen LogP contribution in [0.4, 0.5) is 0 Å². The van der Waals surface area contributed by atoms with E-state index in [0.29, 0.717) is 30.8 Å². The van der Waals surface area contributed by atoms with Gasteiger partial charge in [-0.05, 0) is 132 Å². The fourth-order valence-electron chi connectivity index (χ4n) is 4.50. The number of hydrogen-bond donors (Lipinski definition) is 7. The van der Waals surface area contributed by atoms with E-state index < -0.39 is 16.8 Å². The quantitative estimate of drug-likeness (QED) is 0.156. The Hall–Kier alpha value is -1.92. The van der Waals surface area contributed by atoms with E-state index in [1.807, 2.05) is 109 Å². The van der Waals surface area contributed by atoms with Gasteiger partial charge < -0.3 is 41.3 Å². The third-order valence-electron chi connectivity index (χ3n) is 11.2. The van der Waals surface area contributed by atoms with Gasteiger partial charge in [0, 0.05) is 37.6 Å². The van der Waals surface area contributed by atoms with Crippen LogP contribution in [0.5, 0.6) is 0 Å². The first-order valence-electron chi connectivity index (χ1n) is 19.6. The summed E-state index contributed by atoms with van der Waals surface area (Å²) in [6.07, 6.45) is 1.41. The maximum atomic E-state index is 10.7. The zero-order valence-electron chi connectivity index (χ0n) is 38.8. The highest BCUT2D eigenvalue weighted by molar-refractivity contribution is 5.90. The van der Waals surface area contributed by atoms with Gasteiger partial charge in [-0.15, -0.1) is 0 Å². The first-order chi connectivity index (χ1) is 25.0. The van der Waals surface area contributed by atoms with Crippen molar-refractivity contribution < 1.29 is 39.2 Å². The van der Waals surface area contributed by atoms with Crippen LogP contribution in [-0.4, -0.2) is 189 Å². The number of Topliss-reactive ketones (excluding diaryl/α,β-unsaturated/α-hetero) is 3. The fraction of sp³-hybridized carbons (Fsp3) is 0.900. The van der Waals surface area contributed by atoms with Crippen LogP contribution in [0.1, 0.15) is 103 Å². The number of hydrogen-bond acceptors (Lipinski definition) is 15. The van der Waals surface area contributed by atoms with Gasteiger partial charge in [-0.1, -0.05) is 13.8 Å². The normalized spacial score (nSPS) is 27.3. The Morgan fingerprint density at radius 1 is 0.800 bits per heavy atom. The Balaban J connectivity index is -0.000000276. The SMILES string of the molecule is CC1C(=O)CN1C.CC1N(C)CC1(C)O.CC1N(C)CC1(C)O.CCC(=O)C(C)NC.CCC(C)(O)C(C)NC.CNC(C)C(=O)OC.CNC(C)C(C)=O. The van der Waals surface area contributed by atoms with Crippen LogP contribution in [0.15, 0.2) is 0 Å². The number of β-amino-alcohol motifs (C(OH)–C–C–N with tert-alkyl or cyclic N) is 2. The molecule has 10 atom stereocenters. The summed E-state index contributed by atoms with van der Waals surface area (Å²) in [5.74, 6) is 0.588. The molecular formula is C40H87N7O8. The number of carbonyl (C=O) groups excluding carboxylic acids is 4. The van der Waals surface area contributed by atoms with Gasteiger partial charge in [-0.3, -0.25) is 33.9 Å². The number of methoxy groups -OCH3 is 1. The van der Waals surface area contributed by atoms with Gasteiger partial charge in [0.25, 0.3) is 0 Å². The molecule has 0 aromatic rings. The average Bonchev–Trinajstić information content (AvgIpc) is 3.16. The summed E-state index contributed by atoms with van der Waals surface area (Å²) in [4.78, 5) is 48.1. The molecule has 3 aliphatic rings. The zero-order valence-corrected chi connectivity index (χ0v) is 38.8. The smallest absolute Gasteiger partial charge is 0.322 e. The highest BCUT2D eigenvalue weighted by Crippen LogP contribution is 2.26. The van der Waals surface area contributed by atoms with Crippen LogP contribution in [0.3, 0.4) is 0 Å². The molecule has 0 aliphatic carbocycles. The van der Waals surface area contributed by atoms with Gasteiger partial charge in [0.15, 0.2) is 5.78 Å². The first kappa shape index (κ1) is 59.8. The molecule has 330 valence electrons. The van der Waals surface area contributed by atoms with Gasteiger partial charge in [-0.25, -0.2) is 0 Å². The van der Waals surface area contributed by atoms with E-state index in [9.17, 15) is 34.5 Å². The van der Waals surface area contributed by atoms with Crippen LogP contribution in [0.25, 0.3) is 0 Å². The van der Waals surface area contributed by atoms with Crippen molar-refractivity contribution in [3.05, 3.63) is 0 Å². The molecular weight excluding hydrogens is 706 g/mol. The number of aliphatic hydroxyl groups is 3. The number of nitrogens with one attached hydrogen (secondary N) is 4. The number of ether oxygens (including phenoxy) is 1. The number of likely N-dealkylation sites (N-methyl/N-ethyl adjacent to an activating group) is 7. The molecule has 15 heteroatoms. The van der Waals surface area contributed by atoms with Crippen LogP contribution in [-0.2, 0) is 23.9 Å². The molecule has 0 aromatic heterocycles. The predicted octanol–water partition coefficient (Wildman–Crippen LogP) is 1.31. The molecule has 0 amide bonds. The van der Waals surface area contributed by atoms with E-state index in [1.54, 1.807) is 35.0 Å². The van der Waals surface area contributed by atoms with Crippen molar-refractivity contribution in [3.8, 4) is 0 Å². The lowest BCUT2D eigenvalue weighted by atomic mass is 9.88. The molecule has 0 saturated carbocycles. The van der Waals surface area contributed by atoms with Crippen molar-refractivity contribution in [2.45, 2.75) is 162 Å². The van der Waals surface area contributed by atoms with E-state index in [1.165, 1.54) is 7.11 Å². The molecule has 3 fully saturated rings. The van der Waals surface area contributed by atoms with Gasteiger partial charge >= 0.3 is 5.97 Å². The van der Waals surface area contributed by atoms with E-state index in [4.69, 9.17) is 0 Å². The van der Waals surface area contributed by atoms with Crippen molar-refractivity contribution in [2.75, 3.05) is 76.1 Å². The van der Waals surface area contributed by atoms with E-state index in [0.717, 1.165) is 19.5 Å². The standard InChI is InChI=1S/C7H17NO.3C6H13NO.C5H11NO2.C5H9NO.C5H11NO/c1-5-7(3,9)6(2)8-4;2*1-5-6(2,8)4-7(5)3;1-4-6(8)5(2)7-3;1-4(6-2)5(7)8-3;1-4-5(7)3-6(4)2;1-4(6-3)5(2)7/h6,8-9H,5H2,1-4H3;2*5,8H,4H2,1-3H3;5,7H,4H2,1-3H3;4,6H,1-3H3;4H,3H2,1-2H3;4,6H,1-3H3. The Labute approximate surface area is 336 Å². The number of nitrogens with zero attached hydrogens (tertiary/aromatic N) is 3. The van der Waals surface area contributed by atoms with E-state index in [2.05, 4.69) is 35.8 Å². The molecule has 3 aliphatic heterocycles. The largest absolute Gasteiger partial charge is 0.468 e. The third kappa shape index (κ3) is 24.5. The van der Waals surface area contributed by atoms with Gasteiger partial charge in [0.2, 0.25) is 0 Å². The topological polar surface area (TPSA) is 196 Å². The Morgan fingerprint density at radius 3 is 1.24 bits per heavy atom. The molecule has 10 unspecified atom stereocenters. The summed E-state index contributed by atoms with van der Waals surface area (Å²) in [7, 11) is 14.5. The van der Waals surface area contributed by atoms with Crippen LogP contribution in [0, 0.1) is 0 Å². The van der Waals surface area contributed by atoms with Gasteiger partial charge in [0.05, 0.1) is 48.6 Å². The molecule has 3 heterocycles. The minimum Gasteiger partial charge on any atom is -0.468 e. The third-order valence-corrected chi connectivity index (χ3v) is 11.2. The Morgan fingerprint density at radius 2 is 1.18 bits per heavy atom. The predicted molar refractivity (Wildman–Crippen MR) is 226 cm³/mol. The molecule has 0 radical (unpaired) electrons. The van der Waals surface area contributed by atoms with Crippen molar-refractivity contribution in [1.82, 2.24) is 36.0 Å². The summed E-state index contributed by atoms with van der Waals surface area (Å²) in [6, 6.07) is 0.882. The van der Waals surface area contributed by atoms with Crippen LogP contribution < -0.4 is 21.3 Å². The lowest BCUT2D eigenvalue weighted by Crippen LogP contribution is -2.64. The second-order valence-corrected chi connectivity index (χ2v) is 15.7. The number of carbonyl (C=O) groups is 4. The monoisotopic (exact) mass is 794 g/mol. The molecule has 7 N–H and O–H groups in total. The molecule has 3 saturated heterocycles. The summed E-state index contributed by atoms with van der Waals surface area (Å²) >= 11 is 0. The second-order valence-electron chi connectivity index (χ2n) is 15.7. The first-order valence-corrected chi connectivity index (χ1v) is 19.6. The Bertz CT molecular complexity index is 1020. The van der Waals surface area contributed by atoms with Gasteiger partial charge in [0.1, 0.15) is 17.6 Å². The fourth-order valence-corrected chi connectivity index (χ4v) is 4.50. The number of ketones is 3. The maximum absolute atomic E-state index is 10.7. The summed E-state index contributed by atoms with van der Waals surface area (Å²) < 4.78 is 4.40. The second kappa shape index (κ2) is 29.3. The lowest BCUT2D eigenvalue weighted by Gasteiger charge is -2.49. The summed E-state index contributed by atoms with van der Waals surface area (Å²) in [5.41, 5.74) is -1.40. The number of likely N-dealkylation sites (tertiary alicyclic amines) is 3. The minimum atomic E-state index is -0.561. The van der Waals surface area contributed by atoms with Gasteiger partial charge in [-0.2, -0.15) is 0 Å². The molecule has 3 rings (SSSR count). The molecule has 15 nitrogen and oxygen atoms in total.